The van der Waals surface area contributed by atoms with Gasteiger partial charge in [0.25, 0.3) is 5.91 Å². The third-order valence-corrected chi connectivity index (χ3v) is 6.23. The third kappa shape index (κ3) is 5.81. The first-order chi connectivity index (χ1) is 14.1. The summed E-state index contributed by atoms with van der Waals surface area (Å²) in [5.74, 6) is 1.42. The van der Waals surface area contributed by atoms with Gasteiger partial charge in [0.15, 0.2) is 15.8 Å². The molecule has 1 heterocycles. The molecular weight excluding hydrogens is 474 g/mol. The van der Waals surface area contributed by atoms with Gasteiger partial charge in [-0.25, -0.2) is 0 Å². The van der Waals surface area contributed by atoms with Crippen molar-refractivity contribution in [2.45, 2.75) is 10.9 Å². The molecule has 29 heavy (non-hydrogen) atoms. The Bertz CT molecular complexity index is 996. The number of methoxy groups -OCH3 is 1. The molecule has 0 aliphatic carbocycles. The quantitative estimate of drug-likeness (QED) is 0.244. The average Bonchev–Trinajstić information content (AvgIpc) is 3.18. The molecule has 1 aromatic heterocycles. The zero-order valence-corrected chi connectivity index (χ0v) is 18.8. The summed E-state index contributed by atoms with van der Waals surface area (Å²) >= 11 is 6.30. The summed E-state index contributed by atoms with van der Waals surface area (Å²) in [5.41, 5.74) is 1.45. The number of amides is 1. The van der Waals surface area contributed by atoms with Gasteiger partial charge in [0.05, 0.1) is 11.6 Å². The highest BCUT2D eigenvalue weighted by Gasteiger charge is 2.17. The molecule has 6 nitrogen and oxygen atoms in total. The number of ether oxygens (including phenoxy) is 2. The number of carbonyl (C=O) groups is 1. The molecule has 9 heteroatoms. The molecule has 0 unspecified atom stereocenters. The summed E-state index contributed by atoms with van der Waals surface area (Å²) in [6.07, 6.45) is 1.79. The topological polar surface area (TPSA) is 73.3 Å². The summed E-state index contributed by atoms with van der Waals surface area (Å²) in [5, 5.41) is 11.2. The van der Waals surface area contributed by atoms with Crippen LogP contribution in [0.5, 0.6) is 11.5 Å². The van der Waals surface area contributed by atoms with Crippen molar-refractivity contribution < 1.29 is 14.3 Å². The fourth-order valence-corrected chi connectivity index (χ4v) is 4.40. The normalized spacial score (nSPS) is 10.4. The average molecular weight is 492 g/mol. The van der Waals surface area contributed by atoms with E-state index in [1.54, 1.807) is 18.2 Å². The molecule has 0 fully saturated rings. The number of hydrogen-bond acceptors (Lipinski definition) is 7. The number of benzene rings is 2. The first-order valence-electron chi connectivity index (χ1n) is 8.53. The Morgan fingerprint density at radius 3 is 2.83 bits per heavy atom. The van der Waals surface area contributed by atoms with Crippen molar-refractivity contribution in [1.82, 2.24) is 10.2 Å². The van der Waals surface area contributed by atoms with Gasteiger partial charge in [-0.15, -0.1) is 16.8 Å². The molecule has 0 bridgehead atoms. The van der Waals surface area contributed by atoms with Crippen LogP contribution in [0, 0.1) is 0 Å². The van der Waals surface area contributed by atoms with Crippen molar-refractivity contribution in [3.63, 3.8) is 0 Å². The van der Waals surface area contributed by atoms with Gasteiger partial charge < -0.3 is 9.47 Å². The highest BCUT2D eigenvalue weighted by atomic mass is 79.9. The van der Waals surface area contributed by atoms with E-state index in [-0.39, 0.29) is 5.91 Å². The van der Waals surface area contributed by atoms with Crippen molar-refractivity contribution in [1.29, 1.82) is 0 Å². The van der Waals surface area contributed by atoms with Crippen LogP contribution in [0.1, 0.15) is 15.9 Å². The monoisotopic (exact) mass is 491 g/mol. The summed E-state index contributed by atoms with van der Waals surface area (Å²) in [6.45, 7) is 4.06. The molecule has 0 aliphatic heterocycles. The van der Waals surface area contributed by atoms with Crippen LogP contribution in [0.15, 0.2) is 63.9 Å². The van der Waals surface area contributed by atoms with Gasteiger partial charge in [-0.2, -0.15) is 0 Å². The number of thioether (sulfide) groups is 1. The highest BCUT2D eigenvalue weighted by molar-refractivity contribution is 9.10. The molecule has 0 spiro atoms. The second kappa shape index (κ2) is 10.4. The lowest BCUT2D eigenvalue weighted by Gasteiger charge is -2.14. The fraction of sp³-hybridized carbons (Fsp3) is 0.150. The molecular formula is C20H18BrN3O3S2. The number of nitrogens with one attached hydrogen (secondary N) is 1. The van der Waals surface area contributed by atoms with Crippen LogP contribution in [0.25, 0.3) is 0 Å². The second-order valence-corrected chi connectivity index (χ2v) is 8.79. The molecule has 0 aliphatic rings. The predicted octanol–water partition coefficient (Wildman–Crippen LogP) is 5.42. The lowest BCUT2D eigenvalue weighted by molar-refractivity contribution is 0.102. The maximum Gasteiger partial charge on any atom is 0.257 e. The van der Waals surface area contributed by atoms with Crippen LogP contribution in [0.2, 0.25) is 0 Å². The third-order valence-electron chi connectivity index (χ3n) is 3.67. The van der Waals surface area contributed by atoms with Crippen molar-refractivity contribution in [2.24, 2.45) is 0 Å². The Morgan fingerprint density at radius 1 is 1.31 bits per heavy atom. The standard InChI is InChI=1S/C20H18BrN3O3S2/c1-3-9-28-20-24-23-19(29-20)22-18(25)14-10-15(21)17(16(11-14)26-2)27-12-13-7-5-4-6-8-13/h3-8,10-11H,1,9,12H2,2H3,(H,22,23,25). The van der Waals surface area contributed by atoms with Crippen molar-refractivity contribution in [3.8, 4) is 11.5 Å². The van der Waals surface area contributed by atoms with Crippen LogP contribution in [0.4, 0.5) is 5.13 Å². The molecule has 1 amide bonds. The van der Waals surface area contributed by atoms with Gasteiger partial charge in [0, 0.05) is 11.3 Å². The highest BCUT2D eigenvalue weighted by Crippen LogP contribution is 2.37. The van der Waals surface area contributed by atoms with E-state index in [1.807, 2.05) is 30.3 Å². The number of rotatable bonds is 9. The van der Waals surface area contributed by atoms with E-state index >= 15 is 0 Å². The lowest BCUT2D eigenvalue weighted by atomic mass is 10.2. The first-order valence-corrected chi connectivity index (χ1v) is 11.1. The van der Waals surface area contributed by atoms with Crippen molar-refractivity contribution in [2.75, 3.05) is 18.2 Å². The predicted molar refractivity (Wildman–Crippen MR) is 120 cm³/mol. The molecule has 0 atom stereocenters. The molecule has 0 saturated heterocycles. The van der Waals surface area contributed by atoms with E-state index in [9.17, 15) is 4.79 Å². The van der Waals surface area contributed by atoms with Crippen molar-refractivity contribution in [3.05, 3.63) is 70.7 Å². The minimum Gasteiger partial charge on any atom is -0.493 e. The van der Waals surface area contributed by atoms with Crippen LogP contribution >= 0.6 is 39.0 Å². The molecule has 0 saturated carbocycles. The maximum absolute atomic E-state index is 12.6. The van der Waals surface area contributed by atoms with Gasteiger partial charge in [-0.05, 0) is 33.6 Å². The Kier molecular flexibility index (Phi) is 7.68. The van der Waals surface area contributed by atoms with Crippen LogP contribution in [-0.2, 0) is 6.61 Å². The molecule has 3 aromatic rings. The van der Waals surface area contributed by atoms with E-state index in [4.69, 9.17) is 9.47 Å². The Balaban J connectivity index is 1.72. The largest absolute Gasteiger partial charge is 0.493 e. The molecule has 1 N–H and O–H groups in total. The smallest absolute Gasteiger partial charge is 0.257 e. The molecule has 150 valence electrons. The van der Waals surface area contributed by atoms with Gasteiger partial charge in [-0.1, -0.05) is 59.5 Å². The summed E-state index contributed by atoms with van der Waals surface area (Å²) < 4.78 is 12.7. The molecule has 3 rings (SSSR count). The first kappa shape index (κ1) is 21.4. The van der Waals surface area contributed by atoms with E-state index < -0.39 is 0 Å². The number of anilines is 1. The summed E-state index contributed by atoms with van der Waals surface area (Å²) in [6, 6.07) is 13.1. The Morgan fingerprint density at radius 2 is 2.10 bits per heavy atom. The van der Waals surface area contributed by atoms with E-state index in [1.165, 1.54) is 30.2 Å². The van der Waals surface area contributed by atoms with E-state index in [0.717, 1.165) is 15.7 Å². The minimum atomic E-state index is -0.310. The minimum absolute atomic E-state index is 0.310. The van der Waals surface area contributed by atoms with Gasteiger partial charge in [0.1, 0.15) is 6.61 Å². The van der Waals surface area contributed by atoms with Crippen LogP contribution in [-0.4, -0.2) is 29.0 Å². The fourth-order valence-electron chi connectivity index (χ4n) is 2.34. The Labute approximate surface area is 185 Å². The van der Waals surface area contributed by atoms with E-state index in [0.29, 0.717) is 33.3 Å². The summed E-state index contributed by atoms with van der Waals surface area (Å²) in [7, 11) is 1.53. The summed E-state index contributed by atoms with van der Waals surface area (Å²) in [4.78, 5) is 12.6. The number of aromatic nitrogens is 2. The second-order valence-electron chi connectivity index (χ2n) is 5.69. The zero-order valence-electron chi connectivity index (χ0n) is 15.6. The Hall–Kier alpha value is -2.36. The lowest BCUT2D eigenvalue weighted by Crippen LogP contribution is -2.12. The number of hydrogen-bond donors (Lipinski definition) is 1. The number of halogens is 1. The van der Waals surface area contributed by atoms with Gasteiger partial charge in [0.2, 0.25) is 5.13 Å². The SMILES string of the molecule is C=CCSc1nnc(NC(=O)c2cc(Br)c(OCc3ccccc3)c(OC)c2)s1. The zero-order chi connectivity index (χ0) is 20.6. The van der Waals surface area contributed by atoms with Gasteiger partial charge in [-0.3, -0.25) is 10.1 Å². The van der Waals surface area contributed by atoms with Crippen molar-refractivity contribution >= 4 is 50.1 Å². The number of carbonyl (C=O) groups excluding carboxylic acids is 1. The molecule has 0 radical (unpaired) electrons. The maximum atomic E-state index is 12.6. The number of nitrogens with zero attached hydrogens (tertiary/aromatic N) is 2. The van der Waals surface area contributed by atoms with Gasteiger partial charge >= 0.3 is 0 Å². The molecule has 2 aromatic carbocycles. The van der Waals surface area contributed by atoms with Crippen LogP contribution in [0.3, 0.4) is 0 Å². The van der Waals surface area contributed by atoms with Crippen LogP contribution < -0.4 is 14.8 Å². The van der Waals surface area contributed by atoms with E-state index in [2.05, 4.69) is 38.0 Å².